The third-order valence-corrected chi connectivity index (χ3v) is 5.07. The summed E-state index contributed by atoms with van der Waals surface area (Å²) < 4.78 is 5.85. The van der Waals surface area contributed by atoms with E-state index < -0.39 is 5.79 Å². The number of ether oxygens (including phenoxy) is 1. The standard InChI is InChI=1S/C11H16O2/c12-11-4-3-7-5-6-1-2-8(13-11)9(6)10(7)11/h6-10,12H,1-5H2/t6-,7+,8-,9-,10-,11+/m0/s1. The van der Waals surface area contributed by atoms with Gasteiger partial charge in [-0.3, -0.25) is 0 Å². The van der Waals surface area contributed by atoms with E-state index in [1.807, 2.05) is 0 Å². The third-order valence-electron chi connectivity index (χ3n) is 5.07. The predicted octanol–water partition coefficient (Wildman–Crippen LogP) is 1.53. The van der Waals surface area contributed by atoms with Crippen LogP contribution in [0.4, 0.5) is 0 Å². The molecule has 1 heterocycles. The van der Waals surface area contributed by atoms with Crippen LogP contribution in [0.3, 0.4) is 0 Å². The lowest BCUT2D eigenvalue weighted by molar-refractivity contribution is -0.203. The van der Waals surface area contributed by atoms with Crippen molar-refractivity contribution in [2.45, 2.75) is 44.0 Å². The molecule has 3 saturated carbocycles. The summed E-state index contributed by atoms with van der Waals surface area (Å²) in [4.78, 5) is 0. The Labute approximate surface area is 78.3 Å². The van der Waals surface area contributed by atoms with Crippen molar-refractivity contribution in [2.75, 3.05) is 0 Å². The highest BCUT2D eigenvalue weighted by molar-refractivity contribution is 5.11. The molecule has 1 aliphatic heterocycles. The van der Waals surface area contributed by atoms with Crippen LogP contribution in [-0.2, 0) is 4.74 Å². The lowest BCUT2D eigenvalue weighted by Gasteiger charge is -2.23. The summed E-state index contributed by atoms with van der Waals surface area (Å²) in [6.07, 6.45) is 6.49. The molecule has 0 aromatic carbocycles. The molecule has 1 N–H and O–H groups in total. The molecule has 6 atom stereocenters. The van der Waals surface area contributed by atoms with Crippen molar-refractivity contribution in [3.8, 4) is 0 Å². The zero-order chi connectivity index (χ0) is 8.63. The van der Waals surface area contributed by atoms with Crippen LogP contribution in [0, 0.1) is 23.7 Å². The summed E-state index contributed by atoms with van der Waals surface area (Å²) in [5, 5.41) is 10.3. The van der Waals surface area contributed by atoms with Crippen LogP contribution in [0.25, 0.3) is 0 Å². The minimum atomic E-state index is -0.685. The summed E-state index contributed by atoms with van der Waals surface area (Å²) in [5.41, 5.74) is 0. The Morgan fingerprint density at radius 3 is 3.00 bits per heavy atom. The van der Waals surface area contributed by atoms with Crippen molar-refractivity contribution in [1.82, 2.24) is 0 Å². The number of hydrogen-bond acceptors (Lipinski definition) is 2. The van der Waals surface area contributed by atoms with Gasteiger partial charge in [0.15, 0.2) is 5.79 Å². The molecule has 1 saturated heterocycles. The topological polar surface area (TPSA) is 29.5 Å². The van der Waals surface area contributed by atoms with Gasteiger partial charge >= 0.3 is 0 Å². The molecular weight excluding hydrogens is 164 g/mol. The lowest BCUT2D eigenvalue weighted by atomic mass is 9.88. The van der Waals surface area contributed by atoms with Crippen molar-refractivity contribution in [3.05, 3.63) is 0 Å². The van der Waals surface area contributed by atoms with Gasteiger partial charge in [-0.2, -0.15) is 0 Å². The molecule has 4 fully saturated rings. The fraction of sp³-hybridized carbons (Fsp3) is 1.00. The number of hydrogen-bond donors (Lipinski definition) is 1. The van der Waals surface area contributed by atoms with E-state index in [4.69, 9.17) is 4.74 Å². The van der Waals surface area contributed by atoms with Gasteiger partial charge in [-0.25, -0.2) is 0 Å². The van der Waals surface area contributed by atoms with E-state index in [2.05, 4.69) is 0 Å². The van der Waals surface area contributed by atoms with Gasteiger partial charge in [-0.15, -0.1) is 0 Å². The number of rotatable bonds is 0. The molecule has 13 heavy (non-hydrogen) atoms. The van der Waals surface area contributed by atoms with Crippen LogP contribution < -0.4 is 0 Å². The van der Waals surface area contributed by atoms with Crippen molar-refractivity contribution in [1.29, 1.82) is 0 Å². The summed E-state index contributed by atoms with van der Waals surface area (Å²) in [6.45, 7) is 0. The van der Waals surface area contributed by atoms with Gasteiger partial charge in [0.05, 0.1) is 6.10 Å². The fourth-order valence-electron chi connectivity index (χ4n) is 4.78. The molecule has 4 rings (SSSR count). The highest BCUT2D eigenvalue weighted by atomic mass is 16.6. The Hall–Kier alpha value is -0.0800. The summed E-state index contributed by atoms with van der Waals surface area (Å²) in [6, 6.07) is 0. The van der Waals surface area contributed by atoms with Crippen molar-refractivity contribution >= 4 is 0 Å². The normalized spacial score (nSPS) is 67.6. The molecule has 0 amide bonds. The van der Waals surface area contributed by atoms with E-state index in [0.29, 0.717) is 12.0 Å². The van der Waals surface area contributed by atoms with Gasteiger partial charge in [0.25, 0.3) is 0 Å². The monoisotopic (exact) mass is 180 g/mol. The van der Waals surface area contributed by atoms with E-state index in [0.717, 1.165) is 24.2 Å². The SMILES string of the molecule is O[C@]12CC[C@@H]3C[C@@H]4CC[C@H](O1)[C@H]4[C@H]32. The average Bonchev–Trinajstić information content (AvgIpc) is 2.70. The first-order chi connectivity index (χ1) is 6.28. The second-order valence-corrected chi connectivity index (χ2v) is 5.48. The van der Waals surface area contributed by atoms with Gasteiger partial charge in [0, 0.05) is 12.3 Å². The Kier molecular flexibility index (Phi) is 1.09. The van der Waals surface area contributed by atoms with E-state index in [1.54, 1.807) is 0 Å². The zero-order valence-electron chi connectivity index (χ0n) is 7.78. The molecule has 0 spiro atoms. The van der Waals surface area contributed by atoms with Crippen LogP contribution in [0.5, 0.6) is 0 Å². The van der Waals surface area contributed by atoms with Gasteiger partial charge in [0.1, 0.15) is 0 Å². The van der Waals surface area contributed by atoms with Crippen molar-refractivity contribution in [3.63, 3.8) is 0 Å². The molecule has 0 bridgehead atoms. The zero-order valence-corrected chi connectivity index (χ0v) is 7.78. The predicted molar refractivity (Wildman–Crippen MR) is 46.9 cm³/mol. The first-order valence-corrected chi connectivity index (χ1v) is 5.68. The van der Waals surface area contributed by atoms with Crippen molar-refractivity contribution in [2.24, 2.45) is 23.7 Å². The maximum absolute atomic E-state index is 10.3. The highest BCUT2D eigenvalue weighted by Gasteiger charge is 2.67. The minimum absolute atomic E-state index is 0.422. The quantitative estimate of drug-likeness (QED) is 0.612. The van der Waals surface area contributed by atoms with Crippen molar-refractivity contribution < 1.29 is 9.84 Å². The molecule has 0 radical (unpaired) electrons. The molecule has 0 aromatic rings. The molecule has 2 nitrogen and oxygen atoms in total. The molecule has 3 aliphatic carbocycles. The molecule has 72 valence electrons. The van der Waals surface area contributed by atoms with Gasteiger partial charge in [0.2, 0.25) is 0 Å². The van der Waals surface area contributed by atoms with E-state index in [-0.39, 0.29) is 0 Å². The molecule has 0 unspecified atom stereocenters. The average molecular weight is 180 g/mol. The second-order valence-electron chi connectivity index (χ2n) is 5.48. The Bertz CT molecular complexity index is 265. The van der Waals surface area contributed by atoms with E-state index in [1.165, 1.54) is 25.7 Å². The summed E-state index contributed by atoms with van der Waals surface area (Å²) in [7, 11) is 0. The maximum Gasteiger partial charge on any atom is 0.169 e. The maximum atomic E-state index is 10.3. The molecular formula is C11H16O2. The first kappa shape index (κ1) is 7.24. The smallest absolute Gasteiger partial charge is 0.169 e. The van der Waals surface area contributed by atoms with Gasteiger partial charge < -0.3 is 9.84 Å². The Balaban J connectivity index is 1.83. The fourth-order valence-corrected chi connectivity index (χ4v) is 4.78. The van der Waals surface area contributed by atoms with E-state index in [9.17, 15) is 5.11 Å². The molecule has 0 aromatic heterocycles. The molecule has 2 heteroatoms. The van der Waals surface area contributed by atoms with Crippen LogP contribution in [0.2, 0.25) is 0 Å². The first-order valence-electron chi connectivity index (χ1n) is 5.68. The van der Waals surface area contributed by atoms with Gasteiger partial charge in [-0.1, -0.05) is 0 Å². The third kappa shape index (κ3) is 0.668. The Morgan fingerprint density at radius 2 is 2.08 bits per heavy atom. The lowest BCUT2D eigenvalue weighted by Crippen LogP contribution is -2.32. The summed E-state index contributed by atoms with van der Waals surface area (Å²) in [5.74, 6) is 2.26. The largest absolute Gasteiger partial charge is 0.365 e. The second kappa shape index (κ2) is 1.96. The van der Waals surface area contributed by atoms with Gasteiger partial charge in [-0.05, 0) is 43.4 Å². The minimum Gasteiger partial charge on any atom is -0.365 e. The van der Waals surface area contributed by atoms with Crippen LogP contribution >= 0.6 is 0 Å². The molecule has 4 aliphatic rings. The highest BCUT2D eigenvalue weighted by Crippen LogP contribution is 2.65. The van der Waals surface area contributed by atoms with Crippen LogP contribution in [-0.4, -0.2) is 17.0 Å². The van der Waals surface area contributed by atoms with Crippen LogP contribution in [0.15, 0.2) is 0 Å². The Morgan fingerprint density at radius 1 is 1.15 bits per heavy atom. The number of aliphatic hydroxyl groups is 1. The summed E-state index contributed by atoms with van der Waals surface area (Å²) >= 11 is 0. The van der Waals surface area contributed by atoms with Crippen LogP contribution in [0.1, 0.15) is 32.1 Å². The van der Waals surface area contributed by atoms with E-state index >= 15 is 0 Å².